The van der Waals surface area contributed by atoms with Crippen molar-refractivity contribution < 1.29 is 4.79 Å². The molecule has 3 fully saturated rings. The van der Waals surface area contributed by atoms with E-state index >= 15 is 0 Å². The number of aldehydes is 1. The Morgan fingerprint density at radius 3 is 2.82 bits per heavy atom. The normalized spacial score (nSPS) is 39.4. The van der Waals surface area contributed by atoms with Gasteiger partial charge in [-0.1, -0.05) is 57.9 Å². The van der Waals surface area contributed by atoms with Crippen LogP contribution in [-0.2, 0) is 4.79 Å². The molecule has 28 heavy (non-hydrogen) atoms. The third-order valence-corrected chi connectivity index (χ3v) is 8.14. The van der Waals surface area contributed by atoms with Crippen LogP contribution >= 0.6 is 0 Å². The van der Waals surface area contributed by atoms with Crippen molar-refractivity contribution >= 4 is 6.29 Å². The second kappa shape index (κ2) is 8.86. The molecule has 3 rings (SSSR count). The van der Waals surface area contributed by atoms with E-state index in [2.05, 4.69) is 58.3 Å². The third-order valence-electron chi connectivity index (χ3n) is 8.14. The Labute approximate surface area is 172 Å². The monoisotopic (exact) mass is 378 g/mol. The summed E-state index contributed by atoms with van der Waals surface area (Å²) in [5.74, 6) is 9.07. The van der Waals surface area contributed by atoms with Gasteiger partial charge in [-0.15, -0.1) is 0 Å². The van der Waals surface area contributed by atoms with Gasteiger partial charge >= 0.3 is 0 Å². The van der Waals surface area contributed by atoms with Crippen LogP contribution in [0.4, 0.5) is 0 Å². The van der Waals surface area contributed by atoms with Crippen molar-refractivity contribution in [2.75, 3.05) is 0 Å². The number of allylic oxidation sites excluding steroid dienone is 5. The highest BCUT2D eigenvalue weighted by Gasteiger charge is 2.50. The van der Waals surface area contributed by atoms with Crippen molar-refractivity contribution in [2.24, 2.45) is 35.0 Å². The zero-order chi connectivity index (χ0) is 20.3. The molecule has 0 amide bonds. The molecule has 1 heteroatoms. The van der Waals surface area contributed by atoms with Crippen LogP contribution in [0.5, 0.6) is 0 Å². The highest BCUT2D eigenvalue weighted by molar-refractivity contribution is 5.72. The molecule has 0 aliphatic heterocycles. The molecule has 0 spiro atoms. The summed E-state index contributed by atoms with van der Waals surface area (Å²) in [7, 11) is 0. The van der Waals surface area contributed by atoms with E-state index in [0.717, 1.165) is 30.5 Å². The predicted molar refractivity (Wildman–Crippen MR) is 119 cm³/mol. The topological polar surface area (TPSA) is 17.1 Å². The van der Waals surface area contributed by atoms with E-state index in [9.17, 15) is 4.79 Å². The van der Waals surface area contributed by atoms with Crippen LogP contribution in [0.2, 0.25) is 0 Å². The minimum absolute atomic E-state index is 0.398. The Morgan fingerprint density at radius 1 is 1.29 bits per heavy atom. The molecule has 0 saturated heterocycles. The van der Waals surface area contributed by atoms with Gasteiger partial charge in [-0.25, -0.2) is 0 Å². The quantitative estimate of drug-likeness (QED) is 0.385. The molecule has 0 aromatic carbocycles. The fourth-order valence-corrected chi connectivity index (χ4v) is 6.65. The highest BCUT2D eigenvalue weighted by atomic mass is 16.1. The lowest BCUT2D eigenvalue weighted by Gasteiger charge is -2.44. The van der Waals surface area contributed by atoms with Crippen LogP contribution in [0.25, 0.3) is 0 Å². The first-order chi connectivity index (χ1) is 13.4. The summed E-state index contributed by atoms with van der Waals surface area (Å²) in [5, 5.41) is 0. The van der Waals surface area contributed by atoms with Gasteiger partial charge in [0.15, 0.2) is 6.29 Å². The molecule has 152 valence electrons. The van der Waals surface area contributed by atoms with Gasteiger partial charge in [-0.2, -0.15) is 0 Å². The molecule has 3 aliphatic carbocycles. The number of hydrogen-bond acceptors (Lipinski definition) is 1. The van der Waals surface area contributed by atoms with Crippen molar-refractivity contribution in [2.45, 2.75) is 79.1 Å². The molecule has 0 heterocycles. The molecule has 0 bridgehead atoms. The maximum Gasteiger partial charge on any atom is 0.192 e. The lowest BCUT2D eigenvalue weighted by molar-refractivity contribution is -0.103. The molecule has 1 unspecified atom stereocenters. The van der Waals surface area contributed by atoms with E-state index in [1.165, 1.54) is 56.1 Å². The van der Waals surface area contributed by atoms with Crippen LogP contribution in [0.15, 0.2) is 35.5 Å². The number of hydrogen-bond donors (Lipinski definition) is 0. The standard InChI is InChI=1S/C27H38O/c1-19-17-21(3)22(4)24(18-19)12-11-23-10-8-15-27(5)25(13-14-26(23)27)20(2)9-6-7-16-28/h11-12,16,19-21,25-26H,4,8-10,13-15,17-18H2,1-3,5H3/b23-11+,24-12-/t19-,20?,21-,25+,26-,27+/m0/s1. The van der Waals surface area contributed by atoms with Gasteiger partial charge in [0, 0.05) is 6.42 Å². The number of fused-ring (bicyclic) bond motifs is 1. The zero-order valence-electron chi connectivity index (χ0n) is 18.4. The predicted octanol–water partition coefficient (Wildman–Crippen LogP) is 6.91. The fraction of sp³-hybridized carbons (Fsp3) is 0.667. The summed E-state index contributed by atoms with van der Waals surface area (Å²) in [6.45, 7) is 14.0. The SMILES string of the molecule is C=C1/C(=C\C=C2/CCC[C@]3(C)[C@@H](C(C)CC#CC=O)CC[C@@H]23)C[C@@H](C)C[C@@H]1C. The molecule has 3 aliphatic rings. The van der Waals surface area contributed by atoms with E-state index in [0.29, 0.717) is 17.3 Å². The van der Waals surface area contributed by atoms with Crippen LogP contribution in [0.1, 0.15) is 79.1 Å². The van der Waals surface area contributed by atoms with E-state index in [4.69, 9.17) is 0 Å². The van der Waals surface area contributed by atoms with E-state index in [1.54, 1.807) is 5.57 Å². The van der Waals surface area contributed by atoms with Crippen molar-refractivity contribution in [1.29, 1.82) is 0 Å². The van der Waals surface area contributed by atoms with Gasteiger partial charge in [0.2, 0.25) is 0 Å². The average Bonchev–Trinajstić information content (AvgIpc) is 3.01. The van der Waals surface area contributed by atoms with Gasteiger partial charge in [0.1, 0.15) is 0 Å². The van der Waals surface area contributed by atoms with Gasteiger partial charge in [-0.05, 0) is 97.0 Å². The van der Waals surface area contributed by atoms with E-state index in [-0.39, 0.29) is 0 Å². The Hall–Kier alpha value is -1.55. The van der Waals surface area contributed by atoms with Crippen LogP contribution in [-0.4, -0.2) is 6.29 Å². The van der Waals surface area contributed by atoms with Crippen molar-refractivity contribution in [3.8, 4) is 11.8 Å². The number of rotatable bonds is 3. The fourth-order valence-electron chi connectivity index (χ4n) is 6.65. The van der Waals surface area contributed by atoms with Gasteiger partial charge < -0.3 is 0 Å². The highest BCUT2D eigenvalue weighted by Crippen LogP contribution is 2.59. The van der Waals surface area contributed by atoms with Gasteiger partial charge in [0.05, 0.1) is 0 Å². The Kier molecular flexibility index (Phi) is 6.69. The van der Waals surface area contributed by atoms with Crippen molar-refractivity contribution in [3.63, 3.8) is 0 Å². The van der Waals surface area contributed by atoms with Gasteiger partial charge in [0.25, 0.3) is 0 Å². The molecule has 1 nitrogen and oxygen atoms in total. The van der Waals surface area contributed by atoms with Crippen LogP contribution in [0.3, 0.4) is 0 Å². The van der Waals surface area contributed by atoms with Gasteiger partial charge in [-0.3, -0.25) is 4.79 Å². The molecular weight excluding hydrogens is 340 g/mol. The summed E-state index contributed by atoms with van der Waals surface area (Å²) in [5.41, 5.74) is 4.92. The minimum Gasteiger partial charge on any atom is -0.289 e. The molecule has 0 N–H and O–H groups in total. The maximum absolute atomic E-state index is 10.5. The lowest BCUT2D eigenvalue weighted by Crippen LogP contribution is -2.35. The number of carbonyl (C=O) groups is 1. The Bertz CT molecular complexity index is 727. The van der Waals surface area contributed by atoms with Crippen molar-refractivity contribution in [3.05, 3.63) is 35.5 Å². The van der Waals surface area contributed by atoms with Crippen LogP contribution < -0.4 is 0 Å². The molecule has 6 atom stereocenters. The van der Waals surface area contributed by atoms with E-state index < -0.39 is 0 Å². The minimum atomic E-state index is 0.398. The smallest absolute Gasteiger partial charge is 0.192 e. The molecule has 3 saturated carbocycles. The largest absolute Gasteiger partial charge is 0.289 e. The average molecular weight is 379 g/mol. The summed E-state index contributed by atoms with van der Waals surface area (Å²) >= 11 is 0. The number of carbonyl (C=O) groups excluding carboxylic acids is 1. The third kappa shape index (κ3) is 4.22. The summed E-state index contributed by atoms with van der Waals surface area (Å²) < 4.78 is 0. The first kappa shape index (κ1) is 21.2. The molecule has 0 aromatic heterocycles. The van der Waals surface area contributed by atoms with Crippen molar-refractivity contribution in [1.82, 2.24) is 0 Å². The lowest BCUT2D eigenvalue weighted by atomic mass is 9.61. The Balaban J connectivity index is 1.78. The second-order valence-corrected chi connectivity index (χ2v) is 10.1. The Morgan fingerprint density at radius 2 is 2.07 bits per heavy atom. The molecular formula is C27H38O. The molecule has 0 aromatic rings. The summed E-state index contributed by atoms with van der Waals surface area (Å²) in [6, 6.07) is 0. The zero-order valence-corrected chi connectivity index (χ0v) is 18.4. The first-order valence-electron chi connectivity index (χ1n) is 11.4. The first-order valence-corrected chi connectivity index (χ1v) is 11.4. The molecule has 0 radical (unpaired) electrons. The maximum atomic E-state index is 10.5. The second-order valence-electron chi connectivity index (χ2n) is 10.1. The van der Waals surface area contributed by atoms with Crippen LogP contribution in [0, 0.1) is 46.8 Å². The summed E-state index contributed by atoms with van der Waals surface area (Å²) in [4.78, 5) is 10.5. The van der Waals surface area contributed by atoms with E-state index in [1.807, 2.05) is 0 Å². The summed E-state index contributed by atoms with van der Waals surface area (Å²) in [6.07, 6.45) is 15.5.